The van der Waals surface area contributed by atoms with Crippen molar-refractivity contribution in [3.8, 4) is 12.3 Å². The summed E-state index contributed by atoms with van der Waals surface area (Å²) in [7, 11) is 0. The van der Waals surface area contributed by atoms with Crippen LogP contribution in [0.3, 0.4) is 0 Å². The normalized spacial score (nSPS) is 11.0. The van der Waals surface area contributed by atoms with E-state index in [2.05, 4.69) is 26.4 Å². The van der Waals surface area contributed by atoms with Crippen molar-refractivity contribution in [2.24, 2.45) is 0 Å². The lowest BCUT2D eigenvalue weighted by atomic mass is 10.2. The maximum Gasteiger partial charge on any atom is 0.256 e. The molecule has 7 heteroatoms. The Kier molecular flexibility index (Phi) is 6.11. The molecule has 0 aliphatic rings. The van der Waals surface area contributed by atoms with Crippen LogP contribution >= 0.6 is 11.8 Å². The fourth-order valence-electron chi connectivity index (χ4n) is 3.01. The van der Waals surface area contributed by atoms with Gasteiger partial charge in [0, 0.05) is 21.4 Å². The number of pyridine rings is 1. The van der Waals surface area contributed by atoms with Crippen LogP contribution in [0.15, 0.2) is 70.6 Å². The van der Waals surface area contributed by atoms with Gasteiger partial charge in [-0.1, -0.05) is 29.8 Å². The van der Waals surface area contributed by atoms with Crippen LogP contribution in [-0.2, 0) is 0 Å². The fraction of sp³-hybridized carbons (Fsp3) is 0.0417. The molecule has 0 saturated heterocycles. The monoisotopic (exact) mass is 428 g/mol. The van der Waals surface area contributed by atoms with E-state index in [-0.39, 0.29) is 12.1 Å². The number of carbonyl (C=O) groups is 1. The summed E-state index contributed by atoms with van der Waals surface area (Å²) in [6, 6.07) is 16.0. The average Bonchev–Trinajstić information content (AvgIpc) is 3.19. The Balaban J connectivity index is 1.60. The van der Waals surface area contributed by atoms with Crippen LogP contribution in [0.1, 0.15) is 21.7 Å². The number of halogens is 1. The molecule has 0 aliphatic heterocycles. The highest BCUT2D eigenvalue weighted by Crippen LogP contribution is 2.33. The number of rotatable bonds is 6. The summed E-state index contributed by atoms with van der Waals surface area (Å²) >= 11 is 1.30. The van der Waals surface area contributed by atoms with E-state index in [1.54, 1.807) is 18.3 Å². The minimum Gasteiger partial charge on any atom is -0.341 e. The summed E-state index contributed by atoms with van der Waals surface area (Å²) in [6.45, 7) is 0.0339. The number of benzene rings is 2. The van der Waals surface area contributed by atoms with Crippen molar-refractivity contribution in [3.63, 3.8) is 0 Å². The van der Waals surface area contributed by atoms with E-state index in [1.807, 2.05) is 48.6 Å². The first-order valence-electron chi connectivity index (χ1n) is 9.41. The van der Waals surface area contributed by atoms with Gasteiger partial charge in [-0.3, -0.25) is 14.9 Å². The molecule has 0 aliphatic carbocycles. The highest BCUT2D eigenvalue weighted by molar-refractivity contribution is 7.99. The third-order valence-electron chi connectivity index (χ3n) is 4.44. The summed E-state index contributed by atoms with van der Waals surface area (Å²) in [4.78, 5) is 18.0. The molecule has 4 rings (SSSR count). The molecule has 0 fully saturated rings. The quantitative estimate of drug-likeness (QED) is 0.434. The molecule has 0 bridgehead atoms. The number of hydrogen-bond donors (Lipinski definition) is 2. The summed E-state index contributed by atoms with van der Waals surface area (Å²) in [5, 5.41) is 10.8. The zero-order chi connectivity index (χ0) is 21.6. The lowest BCUT2D eigenvalue weighted by molar-refractivity contribution is 0.0951. The SMILES string of the molecule is C#CCNC(=O)c1c(F)cccc1Sc1ccc2c(/C=C/c3ccccn3)n[nH]c2c1. The molecule has 2 aromatic carbocycles. The average molecular weight is 428 g/mol. The van der Waals surface area contributed by atoms with Crippen molar-refractivity contribution in [1.29, 1.82) is 0 Å². The third kappa shape index (κ3) is 4.65. The molecule has 0 saturated carbocycles. The minimum absolute atomic E-state index is 0.0218. The van der Waals surface area contributed by atoms with Crippen LogP contribution in [-0.4, -0.2) is 27.6 Å². The molecule has 152 valence electrons. The van der Waals surface area contributed by atoms with Crippen molar-refractivity contribution >= 4 is 40.7 Å². The zero-order valence-electron chi connectivity index (χ0n) is 16.3. The van der Waals surface area contributed by atoms with Crippen molar-refractivity contribution < 1.29 is 9.18 Å². The van der Waals surface area contributed by atoms with Gasteiger partial charge in [-0.05, 0) is 54.6 Å². The van der Waals surface area contributed by atoms with Crippen molar-refractivity contribution in [1.82, 2.24) is 20.5 Å². The van der Waals surface area contributed by atoms with Crippen LogP contribution in [0, 0.1) is 18.2 Å². The van der Waals surface area contributed by atoms with Crippen LogP contribution in [0.2, 0.25) is 0 Å². The number of fused-ring (bicyclic) bond motifs is 1. The van der Waals surface area contributed by atoms with Gasteiger partial charge in [0.25, 0.3) is 5.91 Å². The van der Waals surface area contributed by atoms with Gasteiger partial charge in [0.05, 0.1) is 29.0 Å². The van der Waals surface area contributed by atoms with Gasteiger partial charge in [-0.25, -0.2) is 4.39 Å². The summed E-state index contributed by atoms with van der Waals surface area (Å²) in [5.74, 6) is 1.19. The third-order valence-corrected chi connectivity index (χ3v) is 5.49. The first-order chi connectivity index (χ1) is 15.2. The Morgan fingerprint density at radius 2 is 2.10 bits per heavy atom. The Morgan fingerprint density at radius 1 is 1.19 bits per heavy atom. The molecule has 0 unspecified atom stereocenters. The number of aromatic nitrogens is 3. The number of H-pyrrole nitrogens is 1. The first-order valence-corrected chi connectivity index (χ1v) is 10.2. The molecule has 2 N–H and O–H groups in total. The first kappa shape index (κ1) is 20.4. The predicted molar refractivity (Wildman–Crippen MR) is 121 cm³/mol. The lowest BCUT2D eigenvalue weighted by Gasteiger charge is -2.10. The molecule has 4 aromatic rings. The molecule has 2 heterocycles. The second-order valence-electron chi connectivity index (χ2n) is 6.51. The maximum absolute atomic E-state index is 14.4. The van der Waals surface area contributed by atoms with Gasteiger partial charge in [0.1, 0.15) is 5.82 Å². The standard InChI is InChI=1S/C24H17FN4OS/c1-2-13-27-24(30)23-19(25)7-5-8-22(23)31-17-10-11-18-20(28-29-21(18)15-17)12-9-16-6-3-4-14-26-16/h1,3-12,14-15H,13H2,(H,27,30)(H,28,29)/b12-9+. The fourth-order valence-corrected chi connectivity index (χ4v) is 4.01. The van der Waals surface area contributed by atoms with E-state index in [4.69, 9.17) is 6.42 Å². The number of hydrogen-bond acceptors (Lipinski definition) is 4. The van der Waals surface area contributed by atoms with E-state index < -0.39 is 11.7 Å². The number of aromatic amines is 1. The Hall–Kier alpha value is -3.89. The van der Waals surface area contributed by atoms with Crippen molar-refractivity contribution in [3.05, 3.63) is 83.6 Å². The van der Waals surface area contributed by atoms with Gasteiger partial charge < -0.3 is 5.32 Å². The van der Waals surface area contributed by atoms with E-state index in [9.17, 15) is 9.18 Å². The van der Waals surface area contributed by atoms with E-state index in [1.165, 1.54) is 17.8 Å². The second-order valence-corrected chi connectivity index (χ2v) is 7.62. The minimum atomic E-state index is -0.593. The molecule has 2 aromatic heterocycles. The van der Waals surface area contributed by atoms with Crippen LogP contribution in [0.25, 0.3) is 23.1 Å². The molecular formula is C24H17FN4OS. The van der Waals surface area contributed by atoms with Crippen LogP contribution < -0.4 is 5.32 Å². The van der Waals surface area contributed by atoms with Gasteiger partial charge >= 0.3 is 0 Å². The number of amides is 1. The van der Waals surface area contributed by atoms with Crippen molar-refractivity contribution in [2.75, 3.05) is 6.54 Å². The van der Waals surface area contributed by atoms with E-state index in [0.717, 1.165) is 27.2 Å². The molecule has 0 spiro atoms. The summed E-state index contributed by atoms with van der Waals surface area (Å²) in [5.41, 5.74) is 2.44. The topological polar surface area (TPSA) is 70.7 Å². The summed E-state index contributed by atoms with van der Waals surface area (Å²) in [6.07, 6.45) is 10.7. The second kappa shape index (κ2) is 9.28. The largest absolute Gasteiger partial charge is 0.341 e. The highest BCUT2D eigenvalue weighted by Gasteiger charge is 2.17. The lowest BCUT2D eigenvalue weighted by Crippen LogP contribution is -2.25. The Bertz CT molecular complexity index is 1310. The molecule has 5 nitrogen and oxygen atoms in total. The van der Waals surface area contributed by atoms with Crippen LogP contribution in [0.4, 0.5) is 4.39 Å². The molecule has 0 radical (unpaired) electrons. The summed E-state index contributed by atoms with van der Waals surface area (Å²) < 4.78 is 14.4. The van der Waals surface area contributed by atoms with Crippen molar-refractivity contribution in [2.45, 2.75) is 9.79 Å². The number of terminal acetylenes is 1. The van der Waals surface area contributed by atoms with Gasteiger partial charge in [-0.15, -0.1) is 6.42 Å². The van der Waals surface area contributed by atoms with Gasteiger partial charge in [0.2, 0.25) is 0 Å². The molecular weight excluding hydrogens is 411 g/mol. The molecule has 1 amide bonds. The Labute approximate surface area is 182 Å². The van der Waals surface area contributed by atoms with Gasteiger partial charge in [0.15, 0.2) is 0 Å². The predicted octanol–water partition coefficient (Wildman–Crippen LogP) is 4.78. The van der Waals surface area contributed by atoms with E-state index in [0.29, 0.717) is 4.90 Å². The number of nitrogens with zero attached hydrogens (tertiary/aromatic N) is 2. The van der Waals surface area contributed by atoms with Crippen LogP contribution in [0.5, 0.6) is 0 Å². The maximum atomic E-state index is 14.4. The smallest absolute Gasteiger partial charge is 0.256 e. The highest BCUT2D eigenvalue weighted by atomic mass is 32.2. The molecule has 0 atom stereocenters. The zero-order valence-corrected chi connectivity index (χ0v) is 17.1. The number of carbonyl (C=O) groups excluding carboxylic acids is 1. The Morgan fingerprint density at radius 3 is 2.90 bits per heavy atom. The number of nitrogens with one attached hydrogen (secondary N) is 2. The van der Waals surface area contributed by atoms with E-state index >= 15 is 0 Å². The van der Waals surface area contributed by atoms with Gasteiger partial charge in [-0.2, -0.15) is 5.10 Å². The molecule has 31 heavy (non-hydrogen) atoms.